The van der Waals surface area contributed by atoms with E-state index in [2.05, 4.69) is 15.9 Å². The number of rotatable bonds is 5. The van der Waals surface area contributed by atoms with E-state index in [4.69, 9.17) is 9.47 Å². The zero-order chi connectivity index (χ0) is 13.0. The molecule has 0 saturated carbocycles. The van der Waals surface area contributed by atoms with E-state index < -0.39 is 0 Å². The standard InChI is InChI=1S/C13H19BrO3/c1-8(2)11(15)5-9-6-12(16-3)13(17-4)7-10(9)14/h6-8,11,15H,5H2,1-4H3. The Morgan fingerprint density at radius 2 is 1.71 bits per heavy atom. The smallest absolute Gasteiger partial charge is 0.161 e. The third kappa shape index (κ3) is 3.61. The molecule has 0 radical (unpaired) electrons. The Morgan fingerprint density at radius 3 is 2.18 bits per heavy atom. The second-order valence-electron chi connectivity index (χ2n) is 4.31. The van der Waals surface area contributed by atoms with E-state index in [9.17, 15) is 5.11 Å². The number of benzene rings is 1. The van der Waals surface area contributed by atoms with Crippen LogP contribution in [0.5, 0.6) is 11.5 Å². The first-order chi connectivity index (χ1) is 7.99. The quantitative estimate of drug-likeness (QED) is 0.908. The van der Waals surface area contributed by atoms with Gasteiger partial charge < -0.3 is 14.6 Å². The Labute approximate surface area is 111 Å². The predicted molar refractivity (Wildman–Crippen MR) is 71.8 cm³/mol. The maximum atomic E-state index is 9.90. The largest absolute Gasteiger partial charge is 0.493 e. The van der Waals surface area contributed by atoms with Crippen LogP contribution >= 0.6 is 15.9 Å². The Hall–Kier alpha value is -0.740. The van der Waals surface area contributed by atoms with Crippen LogP contribution in [0, 0.1) is 5.92 Å². The minimum absolute atomic E-state index is 0.231. The Morgan fingerprint density at radius 1 is 1.18 bits per heavy atom. The average Bonchev–Trinajstić information content (AvgIpc) is 2.30. The number of ether oxygens (including phenoxy) is 2. The zero-order valence-electron chi connectivity index (χ0n) is 10.7. The van der Waals surface area contributed by atoms with Gasteiger partial charge in [-0.25, -0.2) is 0 Å². The van der Waals surface area contributed by atoms with E-state index in [1.54, 1.807) is 14.2 Å². The minimum Gasteiger partial charge on any atom is -0.493 e. The van der Waals surface area contributed by atoms with E-state index in [1.807, 2.05) is 26.0 Å². The topological polar surface area (TPSA) is 38.7 Å². The first-order valence-corrected chi connectivity index (χ1v) is 6.37. The van der Waals surface area contributed by atoms with Gasteiger partial charge in [0.15, 0.2) is 11.5 Å². The summed E-state index contributed by atoms with van der Waals surface area (Å²) in [7, 11) is 3.21. The highest BCUT2D eigenvalue weighted by atomic mass is 79.9. The molecule has 17 heavy (non-hydrogen) atoms. The number of hydrogen-bond donors (Lipinski definition) is 1. The van der Waals surface area contributed by atoms with Crippen molar-refractivity contribution < 1.29 is 14.6 Å². The fourth-order valence-electron chi connectivity index (χ4n) is 1.51. The van der Waals surface area contributed by atoms with Crippen molar-refractivity contribution in [2.75, 3.05) is 14.2 Å². The molecule has 1 unspecified atom stereocenters. The van der Waals surface area contributed by atoms with Crippen molar-refractivity contribution in [3.8, 4) is 11.5 Å². The summed E-state index contributed by atoms with van der Waals surface area (Å²) in [4.78, 5) is 0. The second-order valence-corrected chi connectivity index (χ2v) is 5.17. The van der Waals surface area contributed by atoms with Gasteiger partial charge in [-0.3, -0.25) is 0 Å². The van der Waals surface area contributed by atoms with Crippen molar-refractivity contribution in [3.63, 3.8) is 0 Å². The monoisotopic (exact) mass is 302 g/mol. The molecule has 0 amide bonds. The lowest BCUT2D eigenvalue weighted by molar-refractivity contribution is 0.125. The van der Waals surface area contributed by atoms with Crippen molar-refractivity contribution >= 4 is 15.9 Å². The summed E-state index contributed by atoms with van der Waals surface area (Å²) in [6.07, 6.45) is 0.239. The first kappa shape index (κ1) is 14.3. The van der Waals surface area contributed by atoms with Crippen molar-refractivity contribution in [3.05, 3.63) is 22.2 Å². The lowest BCUT2D eigenvalue weighted by Crippen LogP contribution is -2.17. The van der Waals surface area contributed by atoms with Crippen LogP contribution in [0.15, 0.2) is 16.6 Å². The van der Waals surface area contributed by atoms with Gasteiger partial charge in [0.1, 0.15) is 0 Å². The first-order valence-electron chi connectivity index (χ1n) is 5.58. The van der Waals surface area contributed by atoms with Gasteiger partial charge in [0.25, 0.3) is 0 Å². The highest BCUT2D eigenvalue weighted by Gasteiger charge is 2.15. The van der Waals surface area contributed by atoms with Crippen molar-refractivity contribution in [2.24, 2.45) is 5.92 Å². The molecule has 0 heterocycles. The van der Waals surface area contributed by atoms with Crippen LogP contribution in [0.1, 0.15) is 19.4 Å². The molecule has 3 nitrogen and oxygen atoms in total. The van der Waals surface area contributed by atoms with Gasteiger partial charge >= 0.3 is 0 Å². The van der Waals surface area contributed by atoms with Crippen LogP contribution in [0.2, 0.25) is 0 Å². The number of aliphatic hydroxyl groups is 1. The summed E-state index contributed by atoms with van der Waals surface area (Å²) in [5.41, 5.74) is 1.02. The van der Waals surface area contributed by atoms with Gasteiger partial charge in [-0.05, 0) is 30.0 Å². The molecule has 0 fully saturated rings. The van der Waals surface area contributed by atoms with E-state index in [-0.39, 0.29) is 12.0 Å². The van der Waals surface area contributed by atoms with Gasteiger partial charge in [0.05, 0.1) is 20.3 Å². The van der Waals surface area contributed by atoms with Gasteiger partial charge in [-0.1, -0.05) is 29.8 Å². The normalized spacial score (nSPS) is 12.6. The highest BCUT2D eigenvalue weighted by Crippen LogP contribution is 2.34. The van der Waals surface area contributed by atoms with Crippen molar-refractivity contribution in [1.82, 2.24) is 0 Å². The molecule has 0 aliphatic rings. The molecule has 0 saturated heterocycles. The maximum absolute atomic E-state index is 9.90. The number of methoxy groups -OCH3 is 2. The van der Waals surface area contributed by atoms with Crippen molar-refractivity contribution in [1.29, 1.82) is 0 Å². The third-order valence-corrected chi connectivity index (χ3v) is 3.49. The number of aliphatic hydroxyl groups excluding tert-OH is 1. The molecule has 1 atom stereocenters. The molecule has 1 aromatic rings. The summed E-state index contributed by atoms with van der Waals surface area (Å²) < 4.78 is 11.4. The van der Waals surface area contributed by atoms with Gasteiger partial charge in [0.2, 0.25) is 0 Å². The zero-order valence-corrected chi connectivity index (χ0v) is 12.2. The molecule has 0 aromatic heterocycles. The molecule has 0 spiro atoms. The van der Waals surface area contributed by atoms with E-state index in [0.29, 0.717) is 17.9 Å². The van der Waals surface area contributed by atoms with Gasteiger partial charge in [-0.15, -0.1) is 0 Å². The second kappa shape index (κ2) is 6.26. The SMILES string of the molecule is COc1cc(Br)c(CC(O)C(C)C)cc1OC. The van der Waals surface area contributed by atoms with E-state index >= 15 is 0 Å². The van der Waals surface area contributed by atoms with Crippen molar-refractivity contribution in [2.45, 2.75) is 26.4 Å². The molecular weight excluding hydrogens is 284 g/mol. The molecule has 0 aliphatic heterocycles. The lowest BCUT2D eigenvalue weighted by atomic mass is 9.99. The maximum Gasteiger partial charge on any atom is 0.161 e. The lowest BCUT2D eigenvalue weighted by Gasteiger charge is -2.17. The number of hydrogen-bond acceptors (Lipinski definition) is 3. The Kier molecular flexibility index (Phi) is 5.28. The minimum atomic E-state index is -0.357. The van der Waals surface area contributed by atoms with E-state index in [1.165, 1.54) is 0 Å². The van der Waals surface area contributed by atoms with Crippen LogP contribution in [-0.2, 0) is 6.42 Å². The molecule has 96 valence electrons. The fraction of sp³-hybridized carbons (Fsp3) is 0.538. The molecule has 4 heteroatoms. The Bertz CT molecular complexity index is 377. The van der Waals surface area contributed by atoms with Crippen LogP contribution in [0.3, 0.4) is 0 Å². The van der Waals surface area contributed by atoms with Crippen LogP contribution in [0.4, 0.5) is 0 Å². The molecule has 1 N–H and O–H groups in total. The summed E-state index contributed by atoms with van der Waals surface area (Å²) >= 11 is 3.48. The van der Waals surface area contributed by atoms with Gasteiger partial charge in [-0.2, -0.15) is 0 Å². The van der Waals surface area contributed by atoms with Crippen LogP contribution in [-0.4, -0.2) is 25.4 Å². The summed E-state index contributed by atoms with van der Waals surface area (Å²) in [5.74, 6) is 1.60. The summed E-state index contributed by atoms with van der Waals surface area (Å²) in [6.45, 7) is 4.00. The average molecular weight is 303 g/mol. The fourth-order valence-corrected chi connectivity index (χ4v) is 2.00. The van der Waals surface area contributed by atoms with Gasteiger partial charge in [0, 0.05) is 4.47 Å². The third-order valence-electron chi connectivity index (χ3n) is 2.75. The highest BCUT2D eigenvalue weighted by molar-refractivity contribution is 9.10. The van der Waals surface area contributed by atoms with Crippen LogP contribution in [0.25, 0.3) is 0 Å². The Balaban J connectivity index is 3.00. The molecule has 1 aromatic carbocycles. The van der Waals surface area contributed by atoms with Crippen LogP contribution < -0.4 is 9.47 Å². The predicted octanol–water partition coefficient (Wildman–Crippen LogP) is 3.03. The summed E-state index contributed by atoms with van der Waals surface area (Å²) in [5, 5.41) is 9.90. The van der Waals surface area contributed by atoms with E-state index in [0.717, 1.165) is 10.0 Å². The molecule has 0 bridgehead atoms. The molecule has 0 aliphatic carbocycles. The summed E-state index contributed by atoms with van der Waals surface area (Å²) in [6, 6.07) is 3.76. The molecule has 1 rings (SSSR count). The number of halogens is 1. The molecular formula is C13H19BrO3.